The number of halogens is 3. The van der Waals surface area contributed by atoms with Crippen LogP contribution >= 0.6 is 0 Å². The van der Waals surface area contributed by atoms with Gasteiger partial charge in [0, 0.05) is 24.4 Å². The largest absolute Gasteiger partial charge is 0.483 e. The first-order chi connectivity index (χ1) is 15.0. The number of ether oxygens (including phenoxy) is 1. The minimum atomic E-state index is -4.92. The number of alkyl halides is 3. The van der Waals surface area contributed by atoms with E-state index in [1.165, 1.54) is 4.90 Å². The van der Waals surface area contributed by atoms with Crippen molar-refractivity contribution < 1.29 is 32.4 Å². The smallest absolute Gasteiger partial charge is 0.420 e. The molecule has 8 nitrogen and oxygen atoms in total. The molecule has 0 aliphatic carbocycles. The maximum Gasteiger partial charge on any atom is 0.420 e. The van der Waals surface area contributed by atoms with Gasteiger partial charge in [-0.25, -0.2) is 0 Å². The summed E-state index contributed by atoms with van der Waals surface area (Å²) in [4.78, 5) is 35.9. The predicted molar refractivity (Wildman–Crippen MR) is 110 cm³/mol. The second kappa shape index (κ2) is 10.6. The number of para-hydroxylation sites is 1. The van der Waals surface area contributed by atoms with Crippen LogP contribution in [-0.2, 0) is 15.8 Å². The number of nitrogens with zero attached hydrogens (tertiary/aromatic N) is 2. The number of non-ortho nitro benzene ring substituents is 1. The zero-order valence-corrected chi connectivity index (χ0v) is 17.4. The van der Waals surface area contributed by atoms with Crippen molar-refractivity contribution in [3.63, 3.8) is 0 Å². The molecule has 2 aromatic carbocycles. The molecule has 0 saturated carbocycles. The van der Waals surface area contributed by atoms with E-state index in [1.54, 1.807) is 32.0 Å². The van der Waals surface area contributed by atoms with Crippen molar-refractivity contribution in [2.75, 3.05) is 25.0 Å². The van der Waals surface area contributed by atoms with Crippen LogP contribution in [0.1, 0.15) is 24.5 Å². The van der Waals surface area contributed by atoms with Crippen molar-refractivity contribution in [3.8, 4) is 5.75 Å². The second-order valence-electron chi connectivity index (χ2n) is 6.90. The Bertz CT molecular complexity index is 995. The highest BCUT2D eigenvalue weighted by atomic mass is 19.4. The van der Waals surface area contributed by atoms with Gasteiger partial charge in [-0.1, -0.05) is 25.1 Å². The Kier molecular flexibility index (Phi) is 8.16. The van der Waals surface area contributed by atoms with Crippen molar-refractivity contribution in [2.45, 2.75) is 26.4 Å². The van der Waals surface area contributed by atoms with Gasteiger partial charge in [0.25, 0.3) is 11.6 Å². The van der Waals surface area contributed by atoms with E-state index in [2.05, 4.69) is 5.32 Å². The van der Waals surface area contributed by atoms with Crippen LogP contribution in [0.2, 0.25) is 0 Å². The minimum Gasteiger partial charge on any atom is -0.483 e. The summed E-state index contributed by atoms with van der Waals surface area (Å²) in [5, 5.41) is 13.5. The molecule has 2 amide bonds. The first kappa shape index (κ1) is 24.6. The van der Waals surface area contributed by atoms with Gasteiger partial charge in [-0.15, -0.1) is 0 Å². The van der Waals surface area contributed by atoms with Crippen LogP contribution in [0.4, 0.5) is 24.5 Å². The highest BCUT2D eigenvalue weighted by Crippen LogP contribution is 2.38. The summed E-state index contributed by atoms with van der Waals surface area (Å²) in [6.45, 7) is 2.70. The lowest BCUT2D eigenvalue weighted by atomic mass is 10.1. The molecule has 2 rings (SSSR count). The van der Waals surface area contributed by atoms with E-state index in [0.29, 0.717) is 18.2 Å². The summed E-state index contributed by atoms with van der Waals surface area (Å²) in [7, 11) is 0. The minimum absolute atomic E-state index is 0.190. The first-order valence-electron chi connectivity index (χ1n) is 9.64. The van der Waals surface area contributed by atoms with E-state index >= 15 is 0 Å². The third-order valence-corrected chi connectivity index (χ3v) is 4.43. The van der Waals surface area contributed by atoms with Crippen molar-refractivity contribution in [3.05, 3.63) is 63.7 Å². The van der Waals surface area contributed by atoms with Crippen molar-refractivity contribution in [2.24, 2.45) is 0 Å². The third kappa shape index (κ3) is 6.69. The zero-order valence-electron chi connectivity index (χ0n) is 17.4. The molecule has 1 N–H and O–H groups in total. The molecule has 0 saturated heterocycles. The molecule has 0 spiro atoms. The van der Waals surface area contributed by atoms with Gasteiger partial charge < -0.3 is 15.0 Å². The molecule has 0 aliphatic rings. The van der Waals surface area contributed by atoms with Gasteiger partial charge in [0.1, 0.15) is 11.3 Å². The van der Waals surface area contributed by atoms with Crippen LogP contribution in [0.5, 0.6) is 5.75 Å². The van der Waals surface area contributed by atoms with Crippen molar-refractivity contribution in [1.29, 1.82) is 0 Å². The Morgan fingerprint density at radius 2 is 1.88 bits per heavy atom. The number of nitro groups is 1. The van der Waals surface area contributed by atoms with Crippen LogP contribution < -0.4 is 10.1 Å². The Morgan fingerprint density at radius 1 is 1.19 bits per heavy atom. The highest BCUT2D eigenvalue weighted by molar-refractivity contribution is 5.95. The summed E-state index contributed by atoms with van der Waals surface area (Å²) in [5.41, 5.74) is -0.705. The number of hydrogen-bond acceptors (Lipinski definition) is 5. The van der Waals surface area contributed by atoms with Crippen molar-refractivity contribution in [1.82, 2.24) is 4.90 Å². The topological polar surface area (TPSA) is 102 Å². The molecule has 0 aromatic heterocycles. The fraction of sp³-hybridized carbons (Fsp3) is 0.333. The molecule has 0 radical (unpaired) electrons. The summed E-state index contributed by atoms with van der Waals surface area (Å²) in [5.74, 6) is -1.87. The number of nitro benzene ring substituents is 1. The quantitative estimate of drug-likeness (QED) is 0.453. The molecule has 32 heavy (non-hydrogen) atoms. The normalized spacial score (nSPS) is 11.0. The highest BCUT2D eigenvalue weighted by Gasteiger charge is 2.36. The maximum atomic E-state index is 13.3. The number of hydrogen-bond donors (Lipinski definition) is 1. The van der Waals surface area contributed by atoms with E-state index in [-0.39, 0.29) is 13.1 Å². The fourth-order valence-corrected chi connectivity index (χ4v) is 2.85. The van der Waals surface area contributed by atoms with E-state index in [1.807, 2.05) is 6.07 Å². The molecule has 0 bridgehead atoms. The van der Waals surface area contributed by atoms with Crippen LogP contribution in [0.15, 0.2) is 42.5 Å². The number of benzene rings is 2. The van der Waals surface area contributed by atoms with E-state index in [0.717, 1.165) is 17.7 Å². The molecular weight excluding hydrogens is 431 g/mol. The fourth-order valence-electron chi connectivity index (χ4n) is 2.85. The van der Waals surface area contributed by atoms with Gasteiger partial charge in [-0.2, -0.15) is 13.2 Å². The third-order valence-electron chi connectivity index (χ3n) is 4.43. The van der Waals surface area contributed by atoms with Crippen LogP contribution in [0, 0.1) is 17.0 Å². The predicted octanol–water partition coefficient (Wildman–Crippen LogP) is 4.18. The molecule has 0 atom stereocenters. The van der Waals surface area contributed by atoms with Gasteiger partial charge in [0.2, 0.25) is 5.91 Å². The summed E-state index contributed by atoms with van der Waals surface area (Å²) in [6.07, 6.45) is -4.41. The number of rotatable bonds is 9. The Hall–Kier alpha value is -3.63. The Labute approximate surface area is 182 Å². The maximum absolute atomic E-state index is 13.3. The lowest BCUT2D eigenvalue weighted by Gasteiger charge is -2.22. The molecular formula is C21H22F3N3O5. The molecule has 0 aliphatic heterocycles. The van der Waals surface area contributed by atoms with Crippen LogP contribution in [0.25, 0.3) is 0 Å². The van der Waals surface area contributed by atoms with Gasteiger partial charge in [-0.05, 0) is 31.0 Å². The second-order valence-corrected chi connectivity index (χ2v) is 6.90. The van der Waals surface area contributed by atoms with Crippen molar-refractivity contribution >= 4 is 23.2 Å². The number of aryl methyl sites for hydroxylation is 1. The molecule has 2 aromatic rings. The Morgan fingerprint density at radius 3 is 2.47 bits per heavy atom. The lowest BCUT2D eigenvalue weighted by Crippen LogP contribution is -2.41. The number of anilines is 1. The van der Waals surface area contributed by atoms with E-state index in [9.17, 15) is 32.9 Å². The number of amides is 2. The lowest BCUT2D eigenvalue weighted by molar-refractivity contribution is -0.385. The molecule has 0 unspecified atom stereocenters. The van der Waals surface area contributed by atoms with Crippen LogP contribution in [0.3, 0.4) is 0 Å². The summed E-state index contributed by atoms with van der Waals surface area (Å²) in [6, 6.07) is 9.06. The SMILES string of the molecule is CCCN(CC(=O)Nc1ccccc1C)C(=O)COc1ccc([N+](=O)[O-])cc1C(F)(F)F. The number of carbonyl (C=O) groups excluding carboxylic acids is 2. The van der Waals surface area contributed by atoms with Gasteiger partial charge in [0.15, 0.2) is 6.61 Å². The van der Waals surface area contributed by atoms with E-state index < -0.39 is 46.5 Å². The first-order valence-corrected chi connectivity index (χ1v) is 9.64. The van der Waals surface area contributed by atoms with Gasteiger partial charge >= 0.3 is 6.18 Å². The average molecular weight is 453 g/mol. The number of carbonyl (C=O) groups is 2. The Balaban J connectivity index is 2.09. The number of nitrogens with one attached hydrogen (secondary N) is 1. The molecule has 172 valence electrons. The monoisotopic (exact) mass is 453 g/mol. The molecule has 0 heterocycles. The van der Waals surface area contributed by atoms with E-state index in [4.69, 9.17) is 4.74 Å². The summed E-state index contributed by atoms with van der Waals surface area (Å²) < 4.78 is 44.8. The zero-order chi connectivity index (χ0) is 23.9. The molecule has 11 heteroatoms. The van der Waals surface area contributed by atoms with Gasteiger partial charge in [-0.3, -0.25) is 19.7 Å². The standard InChI is InChI=1S/C21H22F3N3O5/c1-3-10-26(12-19(28)25-17-7-5-4-6-14(17)2)20(29)13-32-18-9-8-15(27(30)31)11-16(18)21(22,23)24/h4-9,11H,3,10,12-13H2,1-2H3,(H,25,28). The van der Waals surface area contributed by atoms with Crippen LogP contribution in [-0.4, -0.2) is 41.3 Å². The summed E-state index contributed by atoms with van der Waals surface area (Å²) >= 11 is 0. The van der Waals surface area contributed by atoms with Gasteiger partial charge in [0.05, 0.1) is 11.5 Å². The average Bonchev–Trinajstić information content (AvgIpc) is 2.72. The molecule has 0 fully saturated rings.